The molecule has 0 saturated heterocycles. The maximum atomic E-state index is 5.42. The predicted molar refractivity (Wildman–Crippen MR) is 167 cm³/mol. The van der Waals surface area contributed by atoms with Crippen LogP contribution in [0.2, 0.25) is 0 Å². The van der Waals surface area contributed by atoms with Crippen molar-refractivity contribution in [3.8, 4) is 11.3 Å². The summed E-state index contributed by atoms with van der Waals surface area (Å²) >= 11 is 0. The van der Waals surface area contributed by atoms with Gasteiger partial charge in [-0.1, -0.05) is 175 Å². The minimum Gasteiger partial charge on any atom is -1.00 e. The van der Waals surface area contributed by atoms with Crippen LogP contribution in [0.1, 0.15) is 17.2 Å². The zero-order valence-corrected chi connectivity index (χ0v) is 26.3. The molecule has 2 nitrogen and oxygen atoms in total. The third-order valence-electron chi connectivity index (χ3n) is 6.20. The molecule has 0 fully saturated rings. The Morgan fingerprint density at radius 3 is 1.27 bits per heavy atom. The van der Waals surface area contributed by atoms with Crippen molar-refractivity contribution in [2.75, 3.05) is 0 Å². The van der Waals surface area contributed by atoms with Crippen LogP contribution in [-0.4, -0.2) is 4.98 Å². The largest absolute Gasteiger partial charge is 2.00 e. The Hall–Kier alpha value is -3.38. The molecule has 1 aromatic heterocycles. The van der Waals surface area contributed by atoms with Gasteiger partial charge in [0.1, 0.15) is 0 Å². The molecular weight excluding hydrogens is 722 g/mol. The second kappa shape index (κ2) is 17.4. The molecule has 0 amide bonds. The third-order valence-corrected chi connectivity index (χ3v) is 8.23. The Morgan fingerprint density at radius 2 is 0.854 bits per heavy atom. The number of nitrogens with zero attached hydrogens (tertiary/aromatic N) is 2. The van der Waals surface area contributed by atoms with Gasteiger partial charge in [-0.25, -0.2) is 0 Å². The average molecular weight is 752 g/mol. The summed E-state index contributed by atoms with van der Waals surface area (Å²) in [5, 5.41) is 7.97. The number of pyridine rings is 1. The molecule has 1 heterocycles. The first-order valence-electron chi connectivity index (χ1n) is 13.1. The van der Waals surface area contributed by atoms with Crippen LogP contribution < -0.4 is 23.0 Å². The van der Waals surface area contributed by atoms with Crippen LogP contribution in [-0.2, 0) is 21.1 Å². The van der Waals surface area contributed by atoms with E-state index in [9.17, 15) is 0 Å². The minimum absolute atomic E-state index is 0. The predicted octanol–water partition coefficient (Wildman–Crippen LogP) is 5.95. The van der Waals surface area contributed by atoms with Gasteiger partial charge in [0.15, 0.2) is 0 Å². The van der Waals surface area contributed by atoms with Crippen LogP contribution in [0.5, 0.6) is 0 Å². The maximum absolute atomic E-state index is 5.42. The van der Waals surface area contributed by atoms with E-state index < -0.39 is 8.07 Å². The van der Waals surface area contributed by atoms with Crippen molar-refractivity contribution in [1.29, 1.82) is 0 Å². The number of hydrogen-bond acceptors (Lipinski definition) is 1. The summed E-state index contributed by atoms with van der Waals surface area (Å²) in [5.41, 5.74) is 4.64. The minimum atomic E-state index is -0.812. The van der Waals surface area contributed by atoms with E-state index in [2.05, 4.69) is 138 Å². The van der Waals surface area contributed by atoms with Gasteiger partial charge in [0.25, 0.3) is 0 Å². The molecule has 0 radical (unpaired) electrons. The quantitative estimate of drug-likeness (QED) is 0.186. The fourth-order valence-electron chi connectivity index (χ4n) is 4.28. The molecule has 6 aromatic rings. The number of aromatic nitrogens is 1. The number of rotatable bonds is 7. The summed E-state index contributed by atoms with van der Waals surface area (Å²) in [5.74, 6) is 0. The molecule has 0 unspecified atom stereocenters. The SMILES string of the molecule is [Cl-].[Pt+2].c1ccc(-c2ccccn2)cc1.c1ccc(C([N-]P(c2ccccc2)c2ccccc2)c2ccccc2)cc1. The van der Waals surface area contributed by atoms with Crippen LogP contribution in [0.15, 0.2) is 176 Å². The van der Waals surface area contributed by atoms with E-state index in [1.807, 2.05) is 42.6 Å². The molecule has 0 aliphatic heterocycles. The zero-order chi connectivity index (χ0) is 26.5. The van der Waals surface area contributed by atoms with Crippen molar-refractivity contribution >= 4 is 18.7 Å². The van der Waals surface area contributed by atoms with Crippen molar-refractivity contribution in [2.24, 2.45) is 0 Å². The normalized spacial score (nSPS) is 10.1. The van der Waals surface area contributed by atoms with Crippen LogP contribution in [0.25, 0.3) is 16.3 Å². The Morgan fingerprint density at radius 1 is 0.463 bits per heavy atom. The van der Waals surface area contributed by atoms with Crippen molar-refractivity contribution in [3.05, 3.63) is 192 Å². The first kappa shape index (κ1) is 32.1. The summed E-state index contributed by atoms with van der Waals surface area (Å²) in [6, 6.07) is 58.6. The fraction of sp³-hybridized carbons (Fsp3) is 0.0278. The van der Waals surface area contributed by atoms with Crippen LogP contribution in [0, 0.1) is 0 Å². The number of hydrogen-bond donors (Lipinski definition) is 0. The molecule has 0 atom stereocenters. The molecule has 6 rings (SSSR count). The van der Waals surface area contributed by atoms with Crippen LogP contribution >= 0.6 is 8.07 Å². The van der Waals surface area contributed by atoms with Crippen LogP contribution in [0.4, 0.5) is 0 Å². The van der Waals surface area contributed by atoms with E-state index in [0.717, 1.165) is 11.3 Å². The van der Waals surface area contributed by atoms with E-state index in [1.54, 1.807) is 0 Å². The van der Waals surface area contributed by atoms with E-state index in [0.29, 0.717) is 0 Å². The Balaban J connectivity index is 0.000000279. The zero-order valence-electron chi connectivity index (χ0n) is 22.4. The van der Waals surface area contributed by atoms with Gasteiger partial charge in [-0.3, -0.25) is 4.98 Å². The van der Waals surface area contributed by atoms with E-state index in [-0.39, 0.29) is 39.5 Å². The molecule has 0 N–H and O–H groups in total. The summed E-state index contributed by atoms with van der Waals surface area (Å²) in [7, 11) is -0.812. The first-order chi connectivity index (χ1) is 19.4. The summed E-state index contributed by atoms with van der Waals surface area (Å²) < 4.78 is 0. The second-order valence-corrected chi connectivity index (χ2v) is 10.8. The Bertz CT molecular complexity index is 1310. The Labute approximate surface area is 265 Å². The monoisotopic (exact) mass is 751 g/mol. The molecule has 5 heteroatoms. The van der Waals surface area contributed by atoms with Crippen molar-refractivity contribution in [3.63, 3.8) is 0 Å². The van der Waals surface area contributed by atoms with Crippen molar-refractivity contribution in [2.45, 2.75) is 6.04 Å². The average Bonchev–Trinajstić information content (AvgIpc) is 3.04. The number of halogens is 1. The molecule has 41 heavy (non-hydrogen) atoms. The molecule has 0 spiro atoms. The van der Waals surface area contributed by atoms with E-state index in [1.165, 1.54) is 21.7 Å². The molecule has 0 saturated carbocycles. The molecule has 0 aliphatic carbocycles. The summed E-state index contributed by atoms with van der Waals surface area (Å²) in [4.78, 5) is 4.25. The van der Waals surface area contributed by atoms with Gasteiger partial charge in [-0.15, -0.1) is 0 Å². The Kier molecular flexibility index (Phi) is 13.7. The van der Waals surface area contributed by atoms with E-state index >= 15 is 0 Å². The standard InChI is InChI=1S/C25H21NP.C11H9N.ClH.Pt/c1-5-13-21(14-6-1)25(22-15-7-2-8-16-22)26-27(23-17-9-3-10-18-23)24-19-11-4-12-20-24;1-2-6-10(7-3-1)11-8-4-5-9-12-11;;/h1-20,25H;1-9H;1H;/q-1;;;+2/p-1. The maximum Gasteiger partial charge on any atom is 2.00 e. The summed E-state index contributed by atoms with van der Waals surface area (Å²) in [6.45, 7) is 0. The summed E-state index contributed by atoms with van der Waals surface area (Å²) in [6.07, 6.45) is 1.81. The second-order valence-electron chi connectivity index (χ2n) is 8.90. The van der Waals surface area contributed by atoms with Crippen molar-refractivity contribution in [1.82, 2.24) is 4.98 Å². The number of benzene rings is 5. The fourth-order valence-corrected chi connectivity index (χ4v) is 6.25. The van der Waals surface area contributed by atoms with E-state index in [4.69, 9.17) is 5.09 Å². The third kappa shape index (κ3) is 9.32. The molecule has 5 aromatic carbocycles. The topological polar surface area (TPSA) is 27.0 Å². The van der Waals surface area contributed by atoms with Gasteiger partial charge in [-0.2, -0.15) is 8.07 Å². The van der Waals surface area contributed by atoms with Crippen LogP contribution in [0.3, 0.4) is 0 Å². The molecule has 0 aliphatic rings. The van der Waals surface area contributed by atoms with Gasteiger partial charge in [0, 0.05) is 11.8 Å². The van der Waals surface area contributed by atoms with Gasteiger partial charge in [-0.05, 0) is 22.7 Å². The van der Waals surface area contributed by atoms with Gasteiger partial charge in [0.05, 0.1) is 5.69 Å². The molecule has 0 bridgehead atoms. The first-order valence-corrected chi connectivity index (χ1v) is 14.4. The molecular formula is C36H30ClN2PPt. The van der Waals surface area contributed by atoms with Gasteiger partial charge in [0.2, 0.25) is 0 Å². The van der Waals surface area contributed by atoms with Gasteiger partial charge >= 0.3 is 21.1 Å². The van der Waals surface area contributed by atoms with Gasteiger partial charge < -0.3 is 17.5 Å². The molecule has 206 valence electrons. The smallest absolute Gasteiger partial charge is 1.00 e. The van der Waals surface area contributed by atoms with Crippen molar-refractivity contribution < 1.29 is 33.5 Å².